The predicted molar refractivity (Wildman–Crippen MR) is 86.2 cm³/mol. The molecule has 1 aromatic carbocycles. The molecular formula is C17H28N2O. The summed E-state index contributed by atoms with van der Waals surface area (Å²) in [5.74, 6) is 0.949. The molecule has 112 valence electrons. The smallest absolute Gasteiger partial charge is 0.119 e. The van der Waals surface area contributed by atoms with E-state index in [4.69, 9.17) is 4.74 Å². The summed E-state index contributed by atoms with van der Waals surface area (Å²) in [6.07, 6.45) is 4.22. The molecule has 0 amide bonds. The summed E-state index contributed by atoms with van der Waals surface area (Å²) in [7, 11) is 2.13. The fourth-order valence-electron chi connectivity index (χ4n) is 1.91. The van der Waals surface area contributed by atoms with E-state index in [-0.39, 0.29) is 0 Å². The molecule has 0 aromatic heterocycles. The molecule has 0 bridgehead atoms. The first-order valence-corrected chi connectivity index (χ1v) is 7.48. The average Bonchev–Trinajstić information content (AvgIpc) is 2.47. The third kappa shape index (κ3) is 7.31. The van der Waals surface area contributed by atoms with Crippen LogP contribution < -0.4 is 10.1 Å². The second-order valence-electron chi connectivity index (χ2n) is 5.01. The van der Waals surface area contributed by atoms with E-state index in [0.29, 0.717) is 0 Å². The maximum Gasteiger partial charge on any atom is 0.119 e. The molecule has 3 heteroatoms. The van der Waals surface area contributed by atoms with Crippen LogP contribution in [-0.4, -0.2) is 38.2 Å². The van der Waals surface area contributed by atoms with E-state index in [2.05, 4.69) is 42.9 Å². The molecular weight excluding hydrogens is 248 g/mol. The van der Waals surface area contributed by atoms with E-state index >= 15 is 0 Å². The Bertz CT molecular complexity index is 362. The summed E-state index contributed by atoms with van der Waals surface area (Å²) in [6, 6.07) is 8.33. The van der Waals surface area contributed by atoms with E-state index in [1.54, 1.807) is 0 Å². The van der Waals surface area contributed by atoms with Crippen molar-refractivity contribution in [3.63, 3.8) is 0 Å². The third-order valence-electron chi connectivity index (χ3n) is 3.19. The Balaban J connectivity index is 2.19. The van der Waals surface area contributed by atoms with Gasteiger partial charge in [-0.25, -0.2) is 0 Å². The van der Waals surface area contributed by atoms with Crippen molar-refractivity contribution in [2.24, 2.45) is 0 Å². The van der Waals surface area contributed by atoms with Crippen molar-refractivity contribution in [3.8, 4) is 5.75 Å². The van der Waals surface area contributed by atoms with E-state index in [0.717, 1.165) is 45.0 Å². The standard InChI is InChI=1S/C17H28N2O/c1-4-6-7-12-19(3)13-14-20-17-10-8-16(9-11-17)15-18-5-2/h4,8-11,18H,1,5-7,12-15H2,2-3H3. The highest BCUT2D eigenvalue weighted by molar-refractivity contribution is 5.27. The lowest BCUT2D eigenvalue weighted by Crippen LogP contribution is -2.25. The number of hydrogen-bond donors (Lipinski definition) is 1. The molecule has 0 saturated carbocycles. The van der Waals surface area contributed by atoms with Crippen molar-refractivity contribution in [1.29, 1.82) is 0 Å². The normalized spacial score (nSPS) is 10.8. The minimum atomic E-state index is 0.733. The molecule has 0 aliphatic carbocycles. The van der Waals surface area contributed by atoms with Gasteiger partial charge < -0.3 is 15.0 Å². The van der Waals surface area contributed by atoms with Crippen molar-refractivity contribution in [2.75, 3.05) is 33.3 Å². The lowest BCUT2D eigenvalue weighted by atomic mass is 10.2. The van der Waals surface area contributed by atoms with Gasteiger partial charge in [-0.15, -0.1) is 6.58 Å². The van der Waals surface area contributed by atoms with Gasteiger partial charge in [-0.1, -0.05) is 25.1 Å². The van der Waals surface area contributed by atoms with Gasteiger partial charge in [-0.05, 0) is 50.7 Å². The Morgan fingerprint density at radius 3 is 2.65 bits per heavy atom. The van der Waals surface area contributed by atoms with Gasteiger partial charge in [-0.2, -0.15) is 0 Å². The molecule has 0 aliphatic heterocycles. The van der Waals surface area contributed by atoms with E-state index in [1.165, 1.54) is 12.0 Å². The molecule has 1 rings (SSSR count). The molecule has 3 nitrogen and oxygen atoms in total. The van der Waals surface area contributed by atoms with Crippen LogP contribution >= 0.6 is 0 Å². The van der Waals surface area contributed by atoms with Crippen LogP contribution in [-0.2, 0) is 6.54 Å². The van der Waals surface area contributed by atoms with Crippen LogP contribution in [0, 0.1) is 0 Å². The van der Waals surface area contributed by atoms with Gasteiger partial charge in [0.25, 0.3) is 0 Å². The summed E-state index contributed by atoms with van der Waals surface area (Å²) in [4.78, 5) is 2.29. The predicted octanol–water partition coefficient (Wildman–Crippen LogP) is 3.07. The van der Waals surface area contributed by atoms with Gasteiger partial charge in [0.1, 0.15) is 12.4 Å². The van der Waals surface area contributed by atoms with E-state index in [9.17, 15) is 0 Å². The molecule has 0 spiro atoms. The molecule has 1 aromatic rings. The highest BCUT2D eigenvalue weighted by Crippen LogP contribution is 2.12. The zero-order chi connectivity index (χ0) is 14.6. The zero-order valence-corrected chi connectivity index (χ0v) is 12.9. The Morgan fingerprint density at radius 2 is 2.00 bits per heavy atom. The first-order valence-electron chi connectivity index (χ1n) is 7.48. The number of allylic oxidation sites excluding steroid dienone is 1. The first-order chi connectivity index (χ1) is 9.76. The number of hydrogen-bond acceptors (Lipinski definition) is 3. The average molecular weight is 276 g/mol. The third-order valence-corrected chi connectivity index (χ3v) is 3.19. The largest absolute Gasteiger partial charge is 0.492 e. The first kappa shape index (κ1) is 16.7. The summed E-state index contributed by atoms with van der Waals surface area (Å²) < 4.78 is 5.76. The van der Waals surface area contributed by atoms with Crippen LogP contribution in [0.25, 0.3) is 0 Å². The van der Waals surface area contributed by atoms with Crippen molar-refractivity contribution >= 4 is 0 Å². The van der Waals surface area contributed by atoms with Gasteiger partial charge in [0, 0.05) is 13.1 Å². The minimum absolute atomic E-state index is 0.733. The molecule has 0 saturated heterocycles. The van der Waals surface area contributed by atoms with Gasteiger partial charge in [-0.3, -0.25) is 0 Å². The SMILES string of the molecule is C=CCCCN(C)CCOc1ccc(CNCC)cc1. The zero-order valence-electron chi connectivity index (χ0n) is 12.9. The summed E-state index contributed by atoms with van der Waals surface area (Å²) in [6.45, 7) is 10.5. The van der Waals surface area contributed by atoms with Crippen LogP contribution in [0.5, 0.6) is 5.75 Å². The summed E-state index contributed by atoms with van der Waals surface area (Å²) in [5, 5.41) is 3.31. The van der Waals surface area contributed by atoms with Crippen molar-refractivity contribution in [3.05, 3.63) is 42.5 Å². The number of nitrogens with one attached hydrogen (secondary N) is 1. The number of unbranched alkanes of at least 4 members (excludes halogenated alkanes) is 1. The van der Waals surface area contributed by atoms with Crippen LogP contribution in [0.15, 0.2) is 36.9 Å². The molecule has 0 fully saturated rings. The lowest BCUT2D eigenvalue weighted by molar-refractivity contribution is 0.236. The molecule has 0 atom stereocenters. The van der Waals surface area contributed by atoms with Crippen LogP contribution in [0.3, 0.4) is 0 Å². The monoisotopic (exact) mass is 276 g/mol. The Labute approximate surface area is 123 Å². The van der Waals surface area contributed by atoms with Crippen molar-refractivity contribution < 1.29 is 4.74 Å². The van der Waals surface area contributed by atoms with Gasteiger partial charge in [0.15, 0.2) is 0 Å². The number of rotatable bonds is 11. The number of ether oxygens (including phenoxy) is 1. The maximum atomic E-state index is 5.76. The molecule has 20 heavy (non-hydrogen) atoms. The van der Waals surface area contributed by atoms with Crippen molar-refractivity contribution in [1.82, 2.24) is 10.2 Å². The molecule has 0 aliphatic rings. The summed E-state index contributed by atoms with van der Waals surface area (Å²) >= 11 is 0. The maximum absolute atomic E-state index is 5.76. The van der Waals surface area contributed by atoms with Gasteiger partial charge >= 0.3 is 0 Å². The van der Waals surface area contributed by atoms with Crippen LogP contribution in [0.4, 0.5) is 0 Å². The Morgan fingerprint density at radius 1 is 1.25 bits per heavy atom. The van der Waals surface area contributed by atoms with E-state index < -0.39 is 0 Å². The van der Waals surface area contributed by atoms with Gasteiger partial charge in [0.05, 0.1) is 0 Å². The second kappa shape index (κ2) is 10.5. The second-order valence-corrected chi connectivity index (χ2v) is 5.01. The van der Waals surface area contributed by atoms with E-state index in [1.807, 2.05) is 18.2 Å². The number of benzene rings is 1. The number of nitrogens with zero attached hydrogens (tertiary/aromatic N) is 1. The summed E-state index contributed by atoms with van der Waals surface area (Å²) in [5.41, 5.74) is 1.29. The fraction of sp³-hybridized carbons (Fsp3) is 0.529. The van der Waals surface area contributed by atoms with Crippen molar-refractivity contribution in [2.45, 2.75) is 26.3 Å². The van der Waals surface area contributed by atoms with Crippen LogP contribution in [0.1, 0.15) is 25.3 Å². The lowest BCUT2D eigenvalue weighted by Gasteiger charge is -2.16. The van der Waals surface area contributed by atoms with Crippen LogP contribution in [0.2, 0.25) is 0 Å². The highest BCUT2D eigenvalue weighted by Gasteiger charge is 1.99. The van der Waals surface area contributed by atoms with Gasteiger partial charge in [0.2, 0.25) is 0 Å². The quantitative estimate of drug-likeness (QED) is 0.496. The fourth-order valence-corrected chi connectivity index (χ4v) is 1.91. The molecule has 0 unspecified atom stereocenters. The molecule has 0 radical (unpaired) electrons. The topological polar surface area (TPSA) is 24.5 Å². The molecule has 1 N–H and O–H groups in total. The molecule has 0 heterocycles. The number of likely N-dealkylation sites (N-methyl/N-ethyl adjacent to an activating group) is 1. The Kier molecular flexibility index (Phi) is 8.76. The highest BCUT2D eigenvalue weighted by atomic mass is 16.5. The Hall–Kier alpha value is -1.32. The minimum Gasteiger partial charge on any atom is -0.492 e.